The number of hydrogen-bond acceptors (Lipinski definition) is 3. The third-order valence-corrected chi connectivity index (χ3v) is 3.05. The van der Waals surface area contributed by atoms with Gasteiger partial charge in [-0.3, -0.25) is 15.6 Å². The maximum Gasteiger partial charge on any atom is 0.242 e. The van der Waals surface area contributed by atoms with E-state index in [1.54, 1.807) is 20.2 Å². The number of carbonyl (C=O) groups excluding carboxylic acids is 1. The van der Waals surface area contributed by atoms with E-state index in [0.717, 1.165) is 15.8 Å². The standard InChI is InChI=1S/C11H14BrN3O2S/c1-13-11(18)15-14-10(16)6-7-3-4-9(17-2)8(12)5-7/h3-5H,6H2,1-2H3,(H,14,16)(H2,13,15,18). The van der Waals surface area contributed by atoms with Crippen LogP contribution in [0.25, 0.3) is 0 Å². The molecule has 0 aliphatic heterocycles. The SMILES string of the molecule is CNC(=S)NNC(=O)Cc1ccc(OC)c(Br)c1. The lowest BCUT2D eigenvalue weighted by Crippen LogP contribution is -2.46. The van der Waals surface area contributed by atoms with Crippen LogP contribution in [0.1, 0.15) is 5.56 Å². The molecule has 0 saturated heterocycles. The number of methoxy groups -OCH3 is 1. The zero-order chi connectivity index (χ0) is 13.5. The van der Waals surface area contributed by atoms with Gasteiger partial charge in [0.1, 0.15) is 5.75 Å². The van der Waals surface area contributed by atoms with Crippen molar-refractivity contribution in [2.24, 2.45) is 0 Å². The molecule has 1 aromatic carbocycles. The summed E-state index contributed by atoms with van der Waals surface area (Å²) in [5.41, 5.74) is 5.94. The molecule has 0 bridgehead atoms. The summed E-state index contributed by atoms with van der Waals surface area (Å²) < 4.78 is 5.93. The Hall–Kier alpha value is -1.34. The maximum atomic E-state index is 11.6. The van der Waals surface area contributed by atoms with Crippen LogP contribution in [0.4, 0.5) is 0 Å². The highest BCUT2D eigenvalue weighted by Crippen LogP contribution is 2.25. The molecule has 1 rings (SSSR count). The van der Waals surface area contributed by atoms with Gasteiger partial charge in [0.25, 0.3) is 0 Å². The number of hydrazine groups is 1. The Morgan fingerprint density at radius 2 is 2.17 bits per heavy atom. The van der Waals surface area contributed by atoms with E-state index in [9.17, 15) is 4.79 Å². The molecule has 5 nitrogen and oxygen atoms in total. The van der Waals surface area contributed by atoms with E-state index in [1.807, 2.05) is 12.1 Å². The first-order valence-electron chi connectivity index (χ1n) is 5.15. The topological polar surface area (TPSA) is 62.4 Å². The lowest BCUT2D eigenvalue weighted by atomic mass is 10.1. The normalized spacial score (nSPS) is 9.50. The molecular formula is C11H14BrN3O2S. The molecule has 1 amide bonds. The highest BCUT2D eigenvalue weighted by atomic mass is 79.9. The lowest BCUT2D eigenvalue weighted by molar-refractivity contribution is -0.121. The molecule has 0 heterocycles. The third kappa shape index (κ3) is 4.50. The number of carbonyl (C=O) groups is 1. The first kappa shape index (κ1) is 14.7. The van der Waals surface area contributed by atoms with Gasteiger partial charge in [-0.15, -0.1) is 0 Å². The fraction of sp³-hybridized carbons (Fsp3) is 0.273. The average molecular weight is 332 g/mol. The van der Waals surface area contributed by atoms with Gasteiger partial charge in [-0.25, -0.2) is 0 Å². The van der Waals surface area contributed by atoms with E-state index in [2.05, 4.69) is 32.1 Å². The third-order valence-electron chi connectivity index (χ3n) is 2.12. The molecule has 0 aliphatic carbocycles. The van der Waals surface area contributed by atoms with E-state index in [4.69, 9.17) is 17.0 Å². The van der Waals surface area contributed by atoms with Crippen LogP contribution >= 0.6 is 28.1 Å². The molecule has 18 heavy (non-hydrogen) atoms. The van der Waals surface area contributed by atoms with Crippen LogP contribution in [0, 0.1) is 0 Å². The summed E-state index contributed by atoms with van der Waals surface area (Å²) in [6, 6.07) is 5.48. The monoisotopic (exact) mass is 331 g/mol. The fourth-order valence-corrected chi connectivity index (χ4v) is 1.88. The Bertz CT molecular complexity index is 454. The molecule has 0 radical (unpaired) electrons. The van der Waals surface area contributed by atoms with Gasteiger partial charge in [0.2, 0.25) is 5.91 Å². The number of benzene rings is 1. The minimum absolute atomic E-state index is 0.176. The van der Waals surface area contributed by atoms with Gasteiger partial charge in [0, 0.05) is 7.05 Å². The highest BCUT2D eigenvalue weighted by Gasteiger charge is 2.06. The Morgan fingerprint density at radius 3 is 2.72 bits per heavy atom. The smallest absolute Gasteiger partial charge is 0.242 e. The number of ether oxygens (including phenoxy) is 1. The number of hydrogen-bond donors (Lipinski definition) is 3. The van der Waals surface area contributed by atoms with E-state index in [-0.39, 0.29) is 12.3 Å². The Balaban J connectivity index is 2.54. The van der Waals surface area contributed by atoms with Crippen LogP contribution in [-0.4, -0.2) is 25.2 Å². The first-order valence-corrected chi connectivity index (χ1v) is 6.36. The summed E-state index contributed by atoms with van der Waals surface area (Å²) in [4.78, 5) is 11.6. The van der Waals surface area contributed by atoms with Crippen molar-refractivity contribution in [3.63, 3.8) is 0 Å². The van der Waals surface area contributed by atoms with Gasteiger partial charge >= 0.3 is 0 Å². The van der Waals surface area contributed by atoms with Gasteiger partial charge in [-0.1, -0.05) is 6.07 Å². The zero-order valence-corrected chi connectivity index (χ0v) is 12.4. The number of amides is 1. The number of rotatable bonds is 3. The molecule has 98 valence electrons. The number of thiocarbonyl (C=S) groups is 1. The van der Waals surface area contributed by atoms with Crippen LogP contribution in [0.15, 0.2) is 22.7 Å². The molecule has 0 unspecified atom stereocenters. The molecule has 0 aromatic heterocycles. The van der Waals surface area contributed by atoms with Gasteiger partial charge < -0.3 is 10.1 Å². The van der Waals surface area contributed by atoms with Crippen LogP contribution in [0.3, 0.4) is 0 Å². The predicted molar refractivity (Wildman–Crippen MR) is 77.3 cm³/mol. The van der Waals surface area contributed by atoms with Crippen LogP contribution in [-0.2, 0) is 11.2 Å². The van der Waals surface area contributed by atoms with Gasteiger partial charge in [0.05, 0.1) is 18.0 Å². The molecule has 0 spiro atoms. The first-order chi connectivity index (χ1) is 8.56. The Morgan fingerprint density at radius 1 is 1.44 bits per heavy atom. The zero-order valence-electron chi connectivity index (χ0n) is 10.0. The minimum Gasteiger partial charge on any atom is -0.496 e. The van der Waals surface area contributed by atoms with Crippen LogP contribution < -0.4 is 20.9 Å². The summed E-state index contributed by atoms with van der Waals surface area (Å²) in [6.07, 6.45) is 0.252. The number of nitrogens with one attached hydrogen (secondary N) is 3. The van der Waals surface area contributed by atoms with Crippen LogP contribution in [0.2, 0.25) is 0 Å². The summed E-state index contributed by atoms with van der Waals surface area (Å²) in [5, 5.41) is 3.05. The van der Waals surface area contributed by atoms with Crippen molar-refractivity contribution < 1.29 is 9.53 Å². The van der Waals surface area contributed by atoms with Crippen molar-refractivity contribution in [3.05, 3.63) is 28.2 Å². The van der Waals surface area contributed by atoms with E-state index in [1.165, 1.54) is 0 Å². The summed E-state index contributed by atoms with van der Waals surface area (Å²) in [6.45, 7) is 0. The molecular weight excluding hydrogens is 318 g/mol. The highest BCUT2D eigenvalue weighted by molar-refractivity contribution is 9.10. The molecule has 1 aromatic rings. The lowest BCUT2D eigenvalue weighted by Gasteiger charge is -2.09. The summed E-state index contributed by atoms with van der Waals surface area (Å²) >= 11 is 8.20. The van der Waals surface area contributed by atoms with Gasteiger partial charge in [-0.05, 0) is 45.8 Å². The second kappa shape index (κ2) is 7.17. The molecule has 0 aliphatic rings. The second-order valence-electron chi connectivity index (χ2n) is 3.40. The summed E-state index contributed by atoms with van der Waals surface area (Å²) in [7, 11) is 3.26. The van der Waals surface area contributed by atoms with Crippen molar-refractivity contribution >= 4 is 39.2 Å². The average Bonchev–Trinajstić information content (AvgIpc) is 2.36. The van der Waals surface area contributed by atoms with E-state index in [0.29, 0.717) is 5.11 Å². The van der Waals surface area contributed by atoms with Gasteiger partial charge in [-0.2, -0.15) is 0 Å². The predicted octanol–water partition coefficient (Wildman–Crippen LogP) is 1.13. The van der Waals surface area contributed by atoms with Crippen molar-refractivity contribution in [1.29, 1.82) is 0 Å². The van der Waals surface area contributed by atoms with Gasteiger partial charge in [0.15, 0.2) is 5.11 Å². The molecule has 0 saturated carbocycles. The fourth-order valence-electron chi connectivity index (χ4n) is 1.24. The van der Waals surface area contributed by atoms with E-state index < -0.39 is 0 Å². The van der Waals surface area contributed by atoms with Crippen molar-refractivity contribution in [2.75, 3.05) is 14.2 Å². The molecule has 7 heteroatoms. The van der Waals surface area contributed by atoms with E-state index >= 15 is 0 Å². The molecule has 0 fully saturated rings. The van der Waals surface area contributed by atoms with Crippen LogP contribution in [0.5, 0.6) is 5.75 Å². The van der Waals surface area contributed by atoms with Crippen molar-refractivity contribution in [1.82, 2.24) is 16.2 Å². The number of halogens is 1. The maximum absolute atomic E-state index is 11.6. The Kier molecular flexibility index (Phi) is 5.87. The quantitative estimate of drug-likeness (QED) is 0.572. The Labute approximate surface area is 119 Å². The largest absolute Gasteiger partial charge is 0.496 e. The molecule has 0 atom stereocenters. The second-order valence-corrected chi connectivity index (χ2v) is 4.66. The van der Waals surface area contributed by atoms with Crippen molar-refractivity contribution in [3.8, 4) is 5.75 Å². The summed E-state index contributed by atoms with van der Waals surface area (Å²) in [5.74, 6) is 0.554. The minimum atomic E-state index is -0.176. The van der Waals surface area contributed by atoms with Crippen molar-refractivity contribution in [2.45, 2.75) is 6.42 Å². The molecule has 3 N–H and O–H groups in total.